The van der Waals surface area contributed by atoms with Gasteiger partial charge in [-0.3, -0.25) is 4.90 Å². The number of hydrogen-bond acceptors (Lipinski definition) is 5. The third-order valence-corrected chi connectivity index (χ3v) is 3.20. The maximum atomic E-state index is 10.6. The van der Waals surface area contributed by atoms with Crippen LogP contribution >= 0.6 is 11.3 Å². The molecule has 1 aliphatic rings. The lowest BCUT2D eigenvalue weighted by atomic mass is 10.4. The molecule has 82 valence electrons. The zero-order valence-corrected chi connectivity index (χ0v) is 9.00. The van der Waals surface area contributed by atoms with Crippen molar-refractivity contribution in [1.29, 1.82) is 0 Å². The summed E-state index contributed by atoms with van der Waals surface area (Å²) in [7, 11) is 0. The van der Waals surface area contributed by atoms with E-state index in [1.807, 2.05) is 0 Å². The first kappa shape index (κ1) is 10.5. The summed E-state index contributed by atoms with van der Waals surface area (Å²) < 4.78 is 5.23. The van der Waals surface area contributed by atoms with E-state index in [0.717, 1.165) is 37.9 Å². The summed E-state index contributed by atoms with van der Waals surface area (Å²) in [4.78, 5) is 17.3. The minimum absolute atomic E-state index is 0.304. The van der Waals surface area contributed by atoms with Gasteiger partial charge in [0.05, 0.1) is 26.0 Å². The van der Waals surface area contributed by atoms with Crippen molar-refractivity contribution >= 4 is 17.3 Å². The number of thiazole rings is 1. The van der Waals surface area contributed by atoms with Crippen LogP contribution in [0.25, 0.3) is 0 Å². The molecule has 1 aliphatic heterocycles. The normalized spacial score (nSPS) is 17.9. The number of hydrogen-bond donors (Lipinski definition) is 1. The van der Waals surface area contributed by atoms with Gasteiger partial charge in [-0.2, -0.15) is 0 Å². The number of aromatic nitrogens is 1. The van der Waals surface area contributed by atoms with E-state index in [4.69, 9.17) is 9.84 Å². The predicted molar refractivity (Wildman–Crippen MR) is 55.2 cm³/mol. The lowest BCUT2D eigenvalue weighted by molar-refractivity contribution is 0.0341. The number of rotatable bonds is 3. The fourth-order valence-corrected chi connectivity index (χ4v) is 2.23. The van der Waals surface area contributed by atoms with E-state index >= 15 is 0 Å². The molecule has 15 heavy (non-hydrogen) atoms. The topological polar surface area (TPSA) is 62.7 Å². The zero-order valence-electron chi connectivity index (χ0n) is 8.18. The van der Waals surface area contributed by atoms with Gasteiger partial charge in [0.25, 0.3) is 0 Å². The summed E-state index contributed by atoms with van der Waals surface area (Å²) in [6.45, 7) is 4.00. The molecule has 1 saturated heterocycles. The molecule has 0 saturated carbocycles. The molecule has 0 aliphatic carbocycles. The van der Waals surface area contributed by atoms with Crippen molar-refractivity contribution in [1.82, 2.24) is 9.88 Å². The quantitative estimate of drug-likeness (QED) is 0.824. The lowest BCUT2D eigenvalue weighted by Crippen LogP contribution is -2.35. The van der Waals surface area contributed by atoms with Crippen LogP contribution in [0.15, 0.2) is 6.20 Å². The Kier molecular flexibility index (Phi) is 3.30. The molecule has 5 nitrogen and oxygen atoms in total. The van der Waals surface area contributed by atoms with E-state index < -0.39 is 5.97 Å². The van der Waals surface area contributed by atoms with Crippen molar-refractivity contribution in [2.24, 2.45) is 0 Å². The Morgan fingerprint density at radius 3 is 2.93 bits per heavy atom. The molecule has 6 heteroatoms. The Balaban J connectivity index is 1.94. The van der Waals surface area contributed by atoms with Gasteiger partial charge in [-0.05, 0) is 0 Å². The van der Waals surface area contributed by atoms with Gasteiger partial charge < -0.3 is 9.84 Å². The molecule has 2 heterocycles. The van der Waals surface area contributed by atoms with Gasteiger partial charge in [0, 0.05) is 13.1 Å². The molecule has 1 aromatic rings. The van der Waals surface area contributed by atoms with E-state index in [0.29, 0.717) is 4.88 Å². The molecule has 0 atom stereocenters. The standard InChI is InChI=1S/C9H12N2O3S/c12-9(13)7-5-10-8(15-7)6-11-1-3-14-4-2-11/h5H,1-4,6H2,(H,12,13). The second-order valence-electron chi connectivity index (χ2n) is 3.31. The number of carboxylic acids is 1. The van der Waals surface area contributed by atoms with Crippen LogP contribution in [-0.2, 0) is 11.3 Å². The van der Waals surface area contributed by atoms with Crippen molar-refractivity contribution < 1.29 is 14.6 Å². The van der Waals surface area contributed by atoms with E-state index in [2.05, 4.69) is 9.88 Å². The van der Waals surface area contributed by atoms with Crippen LogP contribution in [-0.4, -0.2) is 47.3 Å². The van der Waals surface area contributed by atoms with Gasteiger partial charge in [-0.1, -0.05) is 0 Å². The minimum Gasteiger partial charge on any atom is -0.477 e. The first-order valence-corrected chi connectivity index (χ1v) is 5.55. The van der Waals surface area contributed by atoms with Crippen LogP contribution < -0.4 is 0 Å². The summed E-state index contributed by atoms with van der Waals surface area (Å²) in [6, 6.07) is 0. The highest BCUT2D eigenvalue weighted by atomic mass is 32.1. The number of carbonyl (C=O) groups is 1. The van der Waals surface area contributed by atoms with E-state index in [1.54, 1.807) is 0 Å². The molecule has 0 radical (unpaired) electrons. The second kappa shape index (κ2) is 4.69. The number of aromatic carboxylic acids is 1. The SMILES string of the molecule is O=C(O)c1cnc(CN2CCOCC2)s1. The Hall–Kier alpha value is -0.980. The van der Waals surface area contributed by atoms with Gasteiger partial charge in [-0.25, -0.2) is 9.78 Å². The minimum atomic E-state index is -0.902. The van der Waals surface area contributed by atoms with Gasteiger partial charge >= 0.3 is 5.97 Å². The van der Waals surface area contributed by atoms with E-state index in [1.165, 1.54) is 17.5 Å². The van der Waals surface area contributed by atoms with Crippen LogP contribution in [0.2, 0.25) is 0 Å². The maximum Gasteiger partial charge on any atom is 0.347 e. The first-order valence-electron chi connectivity index (χ1n) is 4.74. The fourth-order valence-electron chi connectivity index (χ4n) is 1.43. The van der Waals surface area contributed by atoms with Crippen LogP contribution in [0.3, 0.4) is 0 Å². The van der Waals surface area contributed by atoms with Crippen molar-refractivity contribution in [3.63, 3.8) is 0 Å². The Bertz CT molecular complexity index is 347. The van der Waals surface area contributed by atoms with Crippen molar-refractivity contribution in [3.05, 3.63) is 16.1 Å². The molecular formula is C9H12N2O3S. The number of morpholine rings is 1. The first-order chi connectivity index (χ1) is 7.25. The fraction of sp³-hybridized carbons (Fsp3) is 0.556. The monoisotopic (exact) mass is 228 g/mol. The summed E-state index contributed by atoms with van der Waals surface area (Å²) in [6.07, 6.45) is 1.42. The summed E-state index contributed by atoms with van der Waals surface area (Å²) in [5.74, 6) is -0.902. The highest BCUT2D eigenvalue weighted by molar-refractivity contribution is 7.13. The van der Waals surface area contributed by atoms with Crippen molar-refractivity contribution in [2.75, 3.05) is 26.3 Å². The summed E-state index contributed by atoms with van der Waals surface area (Å²) in [5.41, 5.74) is 0. The Morgan fingerprint density at radius 1 is 1.60 bits per heavy atom. The van der Waals surface area contributed by atoms with Gasteiger partial charge in [0.2, 0.25) is 0 Å². The second-order valence-corrected chi connectivity index (χ2v) is 4.43. The maximum absolute atomic E-state index is 10.6. The van der Waals surface area contributed by atoms with Crippen LogP contribution in [0.4, 0.5) is 0 Å². The largest absolute Gasteiger partial charge is 0.477 e. The Morgan fingerprint density at radius 2 is 2.33 bits per heavy atom. The lowest BCUT2D eigenvalue weighted by Gasteiger charge is -2.25. The average molecular weight is 228 g/mol. The molecule has 1 aromatic heterocycles. The van der Waals surface area contributed by atoms with Gasteiger partial charge in [-0.15, -0.1) is 11.3 Å². The highest BCUT2D eigenvalue weighted by Gasteiger charge is 2.14. The van der Waals surface area contributed by atoms with Gasteiger partial charge in [0.15, 0.2) is 0 Å². The third-order valence-electron chi connectivity index (χ3n) is 2.23. The van der Waals surface area contributed by atoms with Crippen LogP contribution in [0, 0.1) is 0 Å². The van der Waals surface area contributed by atoms with E-state index in [-0.39, 0.29) is 0 Å². The third kappa shape index (κ3) is 2.74. The van der Waals surface area contributed by atoms with Crippen molar-refractivity contribution in [2.45, 2.75) is 6.54 Å². The van der Waals surface area contributed by atoms with Crippen LogP contribution in [0.1, 0.15) is 14.7 Å². The predicted octanol–water partition coefficient (Wildman–Crippen LogP) is 0.673. The molecule has 0 amide bonds. The molecule has 0 spiro atoms. The molecule has 0 bridgehead atoms. The smallest absolute Gasteiger partial charge is 0.347 e. The molecular weight excluding hydrogens is 216 g/mol. The summed E-state index contributed by atoms with van der Waals surface area (Å²) >= 11 is 1.24. The van der Waals surface area contributed by atoms with E-state index in [9.17, 15) is 4.79 Å². The number of nitrogens with zero attached hydrogens (tertiary/aromatic N) is 2. The molecule has 0 aromatic carbocycles. The summed E-state index contributed by atoms with van der Waals surface area (Å²) in [5, 5.41) is 9.60. The van der Waals surface area contributed by atoms with Crippen molar-refractivity contribution in [3.8, 4) is 0 Å². The zero-order chi connectivity index (χ0) is 10.7. The Labute approximate surface area is 91.3 Å². The number of ether oxygens (including phenoxy) is 1. The molecule has 2 rings (SSSR count). The average Bonchev–Trinajstić information content (AvgIpc) is 2.68. The van der Waals surface area contributed by atoms with Crippen LogP contribution in [0.5, 0.6) is 0 Å². The number of carboxylic acid groups (broad SMARTS) is 1. The molecule has 0 unspecified atom stereocenters. The molecule has 1 N–H and O–H groups in total. The highest BCUT2D eigenvalue weighted by Crippen LogP contribution is 2.15. The van der Waals surface area contributed by atoms with Gasteiger partial charge in [0.1, 0.15) is 9.88 Å². The molecule has 1 fully saturated rings.